The Kier molecular flexibility index (Phi) is 5.92. The number of rotatable bonds is 5. The van der Waals surface area contributed by atoms with Gasteiger partial charge in [0.1, 0.15) is 0 Å². The Morgan fingerprint density at radius 2 is 1.71 bits per heavy atom. The molecule has 164 valence electrons. The van der Waals surface area contributed by atoms with Gasteiger partial charge in [0, 0.05) is 11.7 Å². The van der Waals surface area contributed by atoms with Gasteiger partial charge in [-0.3, -0.25) is 14.5 Å². The van der Waals surface area contributed by atoms with Crippen molar-refractivity contribution in [3.05, 3.63) is 64.7 Å². The summed E-state index contributed by atoms with van der Waals surface area (Å²) in [6.45, 7) is 8.38. The first-order valence-corrected chi connectivity index (χ1v) is 11.6. The average Bonchev–Trinajstić information content (AvgIpc) is 2.74. The van der Waals surface area contributed by atoms with Gasteiger partial charge in [-0.05, 0) is 55.4 Å². The summed E-state index contributed by atoms with van der Waals surface area (Å²) in [6, 6.07) is 14.5. The van der Waals surface area contributed by atoms with E-state index in [0.29, 0.717) is 5.92 Å². The zero-order chi connectivity index (χ0) is 22.2. The molecule has 0 radical (unpaired) electrons. The number of anilines is 1. The number of amides is 2. The van der Waals surface area contributed by atoms with Gasteiger partial charge in [0.2, 0.25) is 5.91 Å². The molecule has 2 amide bonds. The van der Waals surface area contributed by atoms with Crippen molar-refractivity contribution >= 4 is 17.5 Å². The first-order chi connectivity index (χ1) is 14.8. The molecular weight excluding hydrogens is 384 g/mol. The predicted molar refractivity (Wildman–Crippen MR) is 125 cm³/mol. The van der Waals surface area contributed by atoms with Crippen LogP contribution in [0.5, 0.6) is 0 Å². The maximum atomic E-state index is 13.8. The number of aryl methyl sites for hydroxylation is 2. The van der Waals surface area contributed by atoms with Gasteiger partial charge < -0.3 is 5.32 Å². The molecule has 4 rings (SSSR count). The van der Waals surface area contributed by atoms with Crippen LogP contribution >= 0.6 is 0 Å². The molecule has 2 fully saturated rings. The SMILES string of the molecule is Cc1ccc(N2C(=O)C[C@]2(C(=O)NC2CCCCC2)c2ccc(C(C)C)cc2)c(C)c1. The van der Waals surface area contributed by atoms with E-state index in [0.717, 1.165) is 48.1 Å². The van der Waals surface area contributed by atoms with Crippen LogP contribution in [-0.2, 0) is 15.1 Å². The fraction of sp³-hybridized carbons (Fsp3) is 0.481. The second-order valence-electron chi connectivity index (χ2n) is 9.64. The van der Waals surface area contributed by atoms with E-state index in [-0.39, 0.29) is 24.3 Å². The van der Waals surface area contributed by atoms with E-state index in [9.17, 15) is 9.59 Å². The molecule has 2 aromatic carbocycles. The van der Waals surface area contributed by atoms with Crippen LogP contribution in [0.3, 0.4) is 0 Å². The first kappa shape index (κ1) is 21.6. The monoisotopic (exact) mass is 418 g/mol. The van der Waals surface area contributed by atoms with Crippen molar-refractivity contribution in [2.45, 2.75) is 83.7 Å². The van der Waals surface area contributed by atoms with Gasteiger partial charge in [-0.15, -0.1) is 0 Å². The van der Waals surface area contributed by atoms with E-state index in [1.165, 1.54) is 12.0 Å². The summed E-state index contributed by atoms with van der Waals surface area (Å²) in [4.78, 5) is 28.6. The normalized spacial score (nSPS) is 21.8. The second kappa shape index (κ2) is 8.49. The summed E-state index contributed by atoms with van der Waals surface area (Å²) in [5.74, 6) is 0.370. The Bertz CT molecular complexity index is 973. The van der Waals surface area contributed by atoms with Crippen LogP contribution in [0.25, 0.3) is 0 Å². The molecule has 4 nitrogen and oxygen atoms in total. The Morgan fingerprint density at radius 1 is 1.03 bits per heavy atom. The molecule has 2 aliphatic rings. The third-order valence-corrected chi connectivity index (χ3v) is 7.00. The molecule has 1 saturated carbocycles. The minimum Gasteiger partial charge on any atom is -0.351 e. The highest BCUT2D eigenvalue weighted by atomic mass is 16.2. The minimum atomic E-state index is -0.982. The van der Waals surface area contributed by atoms with Crippen molar-refractivity contribution in [3.8, 4) is 0 Å². The zero-order valence-electron chi connectivity index (χ0n) is 19.2. The zero-order valence-corrected chi connectivity index (χ0v) is 19.2. The molecule has 0 aromatic heterocycles. The average molecular weight is 419 g/mol. The van der Waals surface area contributed by atoms with Crippen molar-refractivity contribution in [3.63, 3.8) is 0 Å². The maximum Gasteiger partial charge on any atom is 0.251 e. The fourth-order valence-electron chi connectivity index (χ4n) is 5.13. The van der Waals surface area contributed by atoms with Crippen LogP contribution in [0.15, 0.2) is 42.5 Å². The minimum absolute atomic E-state index is 0.00122. The third kappa shape index (κ3) is 3.88. The highest BCUT2D eigenvalue weighted by Crippen LogP contribution is 2.46. The maximum absolute atomic E-state index is 13.8. The third-order valence-electron chi connectivity index (χ3n) is 7.00. The molecule has 2 aromatic rings. The van der Waals surface area contributed by atoms with Crippen LogP contribution in [0, 0.1) is 13.8 Å². The van der Waals surface area contributed by atoms with Crippen LogP contribution < -0.4 is 10.2 Å². The smallest absolute Gasteiger partial charge is 0.251 e. The number of carbonyl (C=O) groups is 2. The van der Waals surface area contributed by atoms with Crippen LogP contribution in [0.2, 0.25) is 0 Å². The second-order valence-corrected chi connectivity index (χ2v) is 9.64. The first-order valence-electron chi connectivity index (χ1n) is 11.6. The number of hydrogen-bond donors (Lipinski definition) is 1. The summed E-state index contributed by atoms with van der Waals surface area (Å²) in [5.41, 5.74) is 4.13. The number of nitrogens with zero attached hydrogens (tertiary/aromatic N) is 1. The van der Waals surface area contributed by atoms with E-state index < -0.39 is 5.54 Å². The molecule has 0 bridgehead atoms. The molecule has 1 saturated heterocycles. The molecule has 4 heteroatoms. The summed E-state index contributed by atoms with van der Waals surface area (Å²) in [6.07, 6.45) is 5.79. The number of benzene rings is 2. The van der Waals surface area contributed by atoms with E-state index in [1.54, 1.807) is 4.90 Å². The highest BCUT2D eigenvalue weighted by Gasteiger charge is 2.59. The molecule has 1 aliphatic carbocycles. The molecule has 0 unspecified atom stereocenters. The van der Waals surface area contributed by atoms with E-state index in [4.69, 9.17) is 0 Å². The fourth-order valence-corrected chi connectivity index (χ4v) is 5.13. The van der Waals surface area contributed by atoms with E-state index in [1.807, 2.05) is 38.1 Å². The Morgan fingerprint density at radius 3 is 2.29 bits per heavy atom. The van der Waals surface area contributed by atoms with Crippen molar-refractivity contribution in [2.24, 2.45) is 0 Å². The van der Waals surface area contributed by atoms with E-state index in [2.05, 4.69) is 37.4 Å². The molecule has 1 N–H and O–H groups in total. The van der Waals surface area contributed by atoms with Crippen molar-refractivity contribution in [1.29, 1.82) is 0 Å². The standard InChI is InChI=1S/C27H34N2O2/c1-18(2)21-11-13-22(14-12-21)27(26(31)28-23-8-6-5-7-9-23)17-25(30)29(27)24-15-10-19(3)16-20(24)4/h10-16,18,23H,5-9,17H2,1-4H3,(H,28,31)/t27-/m1/s1. The van der Waals surface area contributed by atoms with Crippen LogP contribution in [-0.4, -0.2) is 17.9 Å². The summed E-state index contributed by atoms with van der Waals surface area (Å²) >= 11 is 0. The summed E-state index contributed by atoms with van der Waals surface area (Å²) in [5, 5.41) is 3.32. The predicted octanol–water partition coefficient (Wildman–Crippen LogP) is 5.51. The molecular formula is C27H34N2O2. The van der Waals surface area contributed by atoms with E-state index >= 15 is 0 Å². The lowest BCUT2D eigenvalue weighted by molar-refractivity contribution is -0.141. The van der Waals surface area contributed by atoms with Crippen molar-refractivity contribution in [1.82, 2.24) is 5.32 Å². The van der Waals surface area contributed by atoms with Gasteiger partial charge in [0.25, 0.3) is 5.91 Å². The van der Waals surface area contributed by atoms with Crippen LogP contribution in [0.4, 0.5) is 5.69 Å². The van der Waals surface area contributed by atoms with Gasteiger partial charge >= 0.3 is 0 Å². The quantitative estimate of drug-likeness (QED) is 0.651. The molecule has 1 aliphatic heterocycles. The van der Waals surface area contributed by atoms with Gasteiger partial charge in [-0.2, -0.15) is 0 Å². The van der Waals surface area contributed by atoms with Gasteiger partial charge in [-0.25, -0.2) is 0 Å². The number of β-lactam (4-membered cyclic amide) rings is 1. The van der Waals surface area contributed by atoms with Gasteiger partial charge in [0.15, 0.2) is 5.54 Å². The molecule has 1 atom stereocenters. The van der Waals surface area contributed by atoms with Gasteiger partial charge in [0.05, 0.1) is 6.42 Å². The Labute approximate surface area is 186 Å². The van der Waals surface area contributed by atoms with Crippen LogP contribution in [0.1, 0.15) is 80.5 Å². The summed E-state index contributed by atoms with van der Waals surface area (Å²) in [7, 11) is 0. The Balaban J connectivity index is 1.76. The highest BCUT2D eigenvalue weighted by molar-refractivity contribution is 6.14. The van der Waals surface area contributed by atoms with Crippen molar-refractivity contribution in [2.75, 3.05) is 4.90 Å². The lowest BCUT2D eigenvalue weighted by atomic mass is 9.75. The largest absolute Gasteiger partial charge is 0.351 e. The number of hydrogen-bond acceptors (Lipinski definition) is 2. The number of carbonyl (C=O) groups excluding carboxylic acids is 2. The number of nitrogens with one attached hydrogen (secondary N) is 1. The van der Waals surface area contributed by atoms with Crippen molar-refractivity contribution < 1.29 is 9.59 Å². The Hall–Kier alpha value is -2.62. The topological polar surface area (TPSA) is 49.4 Å². The summed E-state index contributed by atoms with van der Waals surface area (Å²) < 4.78 is 0. The van der Waals surface area contributed by atoms with Gasteiger partial charge in [-0.1, -0.05) is 75.1 Å². The molecule has 0 spiro atoms. The molecule has 1 heterocycles. The lowest BCUT2D eigenvalue weighted by Gasteiger charge is -2.51. The lowest BCUT2D eigenvalue weighted by Crippen LogP contribution is -2.69. The molecule has 31 heavy (non-hydrogen) atoms.